The Morgan fingerprint density at radius 3 is 2.86 bits per heavy atom. The quantitative estimate of drug-likeness (QED) is 0.887. The Balaban J connectivity index is 0.00000176. The molecule has 2 heterocycles. The van der Waals surface area contributed by atoms with Gasteiger partial charge in [0.05, 0.1) is 0 Å². The van der Waals surface area contributed by atoms with Crippen LogP contribution in [0.15, 0.2) is 28.5 Å². The van der Waals surface area contributed by atoms with Crippen LogP contribution < -0.4 is 5.32 Å². The second-order valence-electron chi connectivity index (χ2n) is 5.24. The summed E-state index contributed by atoms with van der Waals surface area (Å²) in [5.41, 5.74) is 0. The van der Waals surface area contributed by atoms with Crippen LogP contribution >= 0.6 is 35.3 Å². The van der Waals surface area contributed by atoms with Gasteiger partial charge in [0.2, 0.25) is 0 Å². The molecule has 1 atom stereocenters. The van der Waals surface area contributed by atoms with Gasteiger partial charge in [-0.15, -0.1) is 23.7 Å². The number of benzene rings is 1. The second kappa shape index (κ2) is 7.03. The average molecular weight is 381 g/mol. The first-order valence-corrected chi connectivity index (χ1v) is 9.50. The van der Waals surface area contributed by atoms with E-state index in [0.717, 1.165) is 22.9 Å². The molecule has 1 aliphatic heterocycles. The summed E-state index contributed by atoms with van der Waals surface area (Å²) in [6, 6.07) is 7.42. The van der Waals surface area contributed by atoms with E-state index in [0.29, 0.717) is 22.3 Å². The third kappa shape index (κ3) is 3.42. The van der Waals surface area contributed by atoms with Gasteiger partial charge in [0.15, 0.2) is 0 Å². The number of hydrogen-bond donors (Lipinski definition) is 1. The van der Waals surface area contributed by atoms with Crippen molar-refractivity contribution < 1.29 is 8.42 Å². The summed E-state index contributed by atoms with van der Waals surface area (Å²) in [5, 5.41) is 4.68. The SMILES string of the molecule is CNC1CCCN(S(=O)(=O)c2cc3cc(Cl)ccc3s2)C1.Cl. The molecule has 1 aromatic heterocycles. The summed E-state index contributed by atoms with van der Waals surface area (Å²) in [6.45, 7) is 1.13. The van der Waals surface area contributed by atoms with E-state index >= 15 is 0 Å². The van der Waals surface area contributed by atoms with Crippen molar-refractivity contribution in [3.05, 3.63) is 29.3 Å². The van der Waals surface area contributed by atoms with E-state index in [1.807, 2.05) is 13.1 Å². The largest absolute Gasteiger partial charge is 0.316 e. The first-order chi connectivity index (χ1) is 10.0. The fourth-order valence-electron chi connectivity index (χ4n) is 2.64. The minimum atomic E-state index is -3.41. The summed E-state index contributed by atoms with van der Waals surface area (Å²) in [7, 11) is -1.53. The molecule has 1 saturated heterocycles. The summed E-state index contributed by atoms with van der Waals surface area (Å²) >= 11 is 7.27. The molecule has 1 aromatic carbocycles. The zero-order chi connectivity index (χ0) is 15.0. The second-order valence-corrected chi connectivity index (χ2v) is 8.92. The van der Waals surface area contributed by atoms with E-state index in [-0.39, 0.29) is 18.4 Å². The highest BCUT2D eigenvalue weighted by molar-refractivity contribution is 7.91. The predicted molar refractivity (Wildman–Crippen MR) is 94.9 cm³/mol. The normalized spacial score (nSPS) is 20.0. The van der Waals surface area contributed by atoms with Crippen molar-refractivity contribution in [3.8, 4) is 0 Å². The van der Waals surface area contributed by atoms with Gasteiger partial charge in [-0.3, -0.25) is 0 Å². The lowest BCUT2D eigenvalue weighted by atomic mass is 10.1. The molecule has 0 spiro atoms. The third-order valence-corrected chi connectivity index (χ3v) is 7.51. The molecule has 0 aliphatic carbocycles. The molecule has 0 bridgehead atoms. The maximum Gasteiger partial charge on any atom is 0.252 e. The third-order valence-electron chi connectivity index (χ3n) is 3.84. The Morgan fingerprint density at radius 2 is 2.14 bits per heavy atom. The van der Waals surface area contributed by atoms with Crippen molar-refractivity contribution in [3.63, 3.8) is 0 Å². The van der Waals surface area contributed by atoms with Crippen LogP contribution in [-0.2, 0) is 10.0 Å². The van der Waals surface area contributed by atoms with Gasteiger partial charge >= 0.3 is 0 Å². The molecular formula is C14H18Cl2N2O2S2. The zero-order valence-corrected chi connectivity index (χ0v) is 15.3. The van der Waals surface area contributed by atoms with Crippen molar-refractivity contribution >= 4 is 55.5 Å². The van der Waals surface area contributed by atoms with E-state index in [1.54, 1.807) is 22.5 Å². The minimum absolute atomic E-state index is 0. The molecule has 1 unspecified atom stereocenters. The van der Waals surface area contributed by atoms with Gasteiger partial charge in [-0.05, 0) is 49.5 Å². The molecule has 122 valence electrons. The van der Waals surface area contributed by atoms with E-state index < -0.39 is 10.0 Å². The number of rotatable bonds is 3. The molecule has 0 amide bonds. The maximum absolute atomic E-state index is 12.8. The summed E-state index contributed by atoms with van der Waals surface area (Å²) in [6.07, 6.45) is 1.91. The van der Waals surface area contributed by atoms with Crippen LogP contribution in [0.1, 0.15) is 12.8 Å². The first-order valence-electron chi connectivity index (χ1n) is 6.87. The number of halogens is 2. The molecule has 1 fully saturated rings. The van der Waals surface area contributed by atoms with Gasteiger partial charge in [0.25, 0.3) is 10.0 Å². The van der Waals surface area contributed by atoms with Gasteiger partial charge in [-0.1, -0.05) is 11.6 Å². The van der Waals surface area contributed by atoms with E-state index in [1.165, 1.54) is 11.3 Å². The van der Waals surface area contributed by atoms with E-state index in [4.69, 9.17) is 11.6 Å². The Bertz CT molecular complexity index is 761. The molecule has 0 saturated carbocycles. The lowest BCUT2D eigenvalue weighted by Crippen LogP contribution is -2.46. The maximum atomic E-state index is 12.8. The van der Waals surface area contributed by atoms with Crippen LogP contribution in [0.5, 0.6) is 0 Å². The smallest absolute Gasteiger partial charge is 0.252 e. The molecule has 2 aromatic rings. The molecule has 8 heteroatoms. The molecule has 0 radical (unpaired) electrons. The number of nitrogens with zero attached hydrogens (tertiary/aromatic N) is 1. The van der Waals surface area contributed by atoms with Gasteiger partial charge in [-0.2, -0.15) is 4.31 Å². The number of fused-ring (bicyclic) bond motifs is 1. The predicted octanol–water partition coefficient (Wildman–Crippen LogP) is 3.35. The number of piperidine rings is 1. The van der Waals surface area contributed by atoms with Gasteiger partial charge in [-0.25, -0.2) is 8.42 Å². The molecule has 1 aliphatic rings. The van der Waals surface area contributed by atoms with Gasteiger partial charge in [0.1, 0.15) is 4.21 Å². The highest BCUT2D eigenvalue weighted by Gasteiger charge is 2.30. The van der Waals surface area contributed by atoms with E-state index in [9.17, 15) is 8.42 Å². The zero-order valence-electron chi connectivity index (χ0n) is 12.1. The van der Waals surface area contributed by atoms with Crippen molar-refractivity contribution in [2.45, 2.75) is 23.1 Å². The van der Waals surface area contributed by atoms with Crippen LogP contribution in [-0.4, -0.2) is 38.9 Å². The Kier molecular flexibility index (Phi) is 5.74. The Hall–Kier alpha value is -0.370. The first kappa shape index (κ1) is 18.0. The van der Waals surface area contributed by atoms with Crippen LogP contribution in [0, 0.1) is 0 Å². The standard InChI is InChI=1S/C14H17ClN2O2S2.ClH/c1-16-12-3-2-6-17(9-12)21(18,19)14-8-10-7-11(15)4-5-13(10)20-14;/h4-5,7-8,12,16H,2-3,6,9H2,1H3;1H. The van der Waals surface area contributed by atoms with Crippen molar-refractivity contribution in [2.24, 2.45) is 0 Å². The summed E-state index contributed by atoms with van der Waals surface area (Å²) in [4.78, 5) is 0. The monoisotopic (exact) mass is 380 g/mol. The fourth-order valence-corrected chi connectivity index (χ4v) is 5.88. The molecule has 3 rings (SSSR count). The molecular weight excluding hydrogens is 363 g/mol. The van der Waals surface area contributed by atoms with Gasteiger partial charge < -0.3 is 5.32 Å². The fraction of sp³-hybridized carbons (Fsp3) is 0.429. The number of nitrogens with one attached hydrogen (secondary N) is 1. The van der Waals surface area contributed by atoms with Gasteiger partial charge in [0, 0.05) is 28.9 Å². The van der Waals surface area contributed by atoms with Crippen LogP contribution in [0.4, 0.5) is 0 Å². The van der Waals surface area contributed by atoms with Crippen LogP contribution in [0.3, 0.4) is 0 Å². The van der Waals surface area contributed by atoms with Crippen LogP contribution in [0.2, 0.25) is 5.02 Å². The summed E-state index contributed by atoms with van der Waals surface area (Å²) in [5.74, 6) is 0. The Morgan fingerprint density at radius 1 is 1.36 bits per heavy atom. The van der Waals surface area contributed by atoms with E-state index in [2.05, 4.69) is 5.32 Å². The number of thiophene rings is 1. The highest BCUT2D eigenvalue weighted by atomic mass is 35.5. The van der Waals surface area contributed by atoms with Crippen molar-refractivity contribution in [2.75, 3.05) is 20.1 Å². The number of sulfonamides is 1. The molecule has 22 heavy (non-hydrogen) atoms. The lowest BCUT2D eigenvalue weighted by Gasteiger charge is -2.31. The Labute approximate surface area is 145 Å². The minimum Gasteiger partial charge on any atom is -0.316 e. The molecule has 4 nitrogen and oxygen atoms in total. The molecule has 1 N–H and O–H groups in total. The van der Waals surface area contributed by atoms with Crippen LogP contribution in [0.25, 0.3) is 10.1 Å². The topological polar surface area (TPSA) is 49.4 Å². The highest BCUT2D eigenvalue weighted by Crippen LogP contribution is 2.33. The number of likely N-dealkylation sites (N-methyl/N-ethyl adjacent to an activating group) is 1. The number of hydrogen-bond acceptors (Lipinski definition) is 4. The summed E-state index contributed by atoms with van der Waals surface area (Å²) < 4.78 is 28.5. The van der Waals surface area contributed by atoms with Crippen molar-refractivity contribution in [1.29, 1.82) is 0 Å². The van der Waals surface area contributed by atoms with Crippen molar-refractivity contribution in [1.82, 2.24) is 9.62 Å². The average Bonchev–Trinajstić information content (AvgIpc) is 2.91. The lowest BCUT2D eigenvalue weighted by molar-refractivity contribution is 0.293.